The van der Waals surface area contributed by atoms with Crippen LogP contribution in [0.3, 0.4) is 0 Å². The molecule has 3 N–H and O–H groups in total. The first kappa shape index (κ1) is 15.2. The Labute approximate surface area is 124 Å². The maximum Gasteiger partial charge on any atom is 0.409 e. The Balaban J connectivity index is 1.87. The molecule has 0 aromatic heterocycles. The van der Waals surface area contributed by atoms with Gasteiger partial charge in [-0.05, 0) is 38.0 Å². The third kappa shape index (κ3) is 4.11. The van der Waals surface area contributed by atoms with Crippen LogP contribution in [0.4, 0.5) is 10.5 Å². The van der Waals surface area contributed by atoms with Crippen LogP contribution >= 0.6 is 0 Å². The van der Waals surface area contributed by atoms with Crippen LogP contribution in [0.5, 0.6) is 0 Å². The van der Waals surface area contributed by atoms with Crippen LogP contribution in [0.15, 0.2) is 24.3 Å². The summed E-state index contributed by atoms with van der Waals surface area (Å²) >= 11 is 0. The second-order valence-electron chi connectivity index (χ2n) is 5.05. The molecule has 1 fully saturated rings. The Hall–Kier alpha value is -2.24. The van der Waals surface area contributed by atoms with Gasteiger partial charge in [-0.1, -0.05) is 6.07 Å². The first-order chi connectivity index (χ1) is 10.1. The van der Waals surface area contributed by atoms with E-state index >= 15 is 0 Å². The minimum atomic E-state index is -0.434. The lowest BCUT2D eigenvalue weighted by Crippen LogP contribution is -2.42. The molecule has 114 valence electrons. The molecule has 1 aromatic rings. The number of hydrogen-bond acceptors (Lipinski definition) is 4. The molecule has 2 rings (SSSR count). The second-order valence-corrected chi connectivity index (χ2v) is 5.05. The van der Waals surface area contributed by atoms with Crippen LogP contribution in [0, 0.1) is 0 Å². The van der Waals surface area contributed by atoms with Crippen LogP contribution in [0.1, 0.15) is 30.1 Å². The summed E-state index contributed by atoms with van der Waals surface area (Å²) in [6.45, 7) is 3.55. The number of rotatable bonds is 4. The maximum absolute atomic E-state index is 11.6. The topological polar surface area (TPSA) is 84.7 Å². The number of benzene rings is 1. The Kier molecular flexibility index (Phi) is 5.03. The number of ether oxygens (including phenoxy) is 1. The van der Waals surface area contributed by atoms with E-state index in [1.54, 1.807) is 30.0 Å². The molecule has 1 aliphatic heterocycles. The van der Waals surface area contributed by atoms with Crippen LogP contribution in [0.25, 0.3) is 0 Å². The standard InChI is InChI=1S/C15H21N3O3/c1-2-21-15(20)18-8-6-12(7-9-18)17-13-5-3-4-11(10-13)14(16)19/h3-5,10,12,17H,2,6-9H2,1H3,(H2,16,19). The highest BCUT2D eigenvalue weighted by molar-refractivity contribution is 5.93. The smallest absolute Gasteiger partial charge is 0.409 e. The number of piperidine rings is 1. The number of carbonyl (C=O) groups is 2. The van der Waals surface area contributed by atoms with Crippen molar-refractivity contribution in [2.24, 2.45) is 5.73 Å². The summed E-state index contributed by atoms with van der Waals surface area (Å²) in [6.07, 6.45) is 1.45. The minimum absolute atomic E-state index is 0.244. The number of nitrogens with one attached hydrogen (secondary N) is 1. The van der Waals surface area contributed by atoms with E-state index in [-0.39, 0.29) is 12.1 Å². The summed E-state index contributed by atoms with van der Waals surface area (Å²) < 4.78 is 4.99. The fraction of sp³-hybridized carbons (Fsp3) is 0.467. The van der Waals surface area contributed by atoms with Crippen molar-refractivity contribution in [2.45, 2.75) is 25.8 Å². The Bertz CT molecular complexity index is 511. The van der Waals surface area contributed by atoms with Crippen molar-refractivity contribution in [1.82, 2.24) is 4.90 Å². The summed E-state index contributed by atoms with van der Waals surface area (Å²) in [5.74, 6) is -0.434. The van der Waals surface area contributed by atoms with Gasteiger partial charge in [0.05, 0.1) is 6.61 Å². The van der Waals surface area contributed by atoms with E-state index in [1.165, 1.54) is 0 Å². The van der Waals surface area contributed by atoms with Gasteiger partial charge in [0.1, 0.15) is 0 Å². The molecular weight excluding hydrogens is 270 g/mol. The fourth-order valence-electron chi connectivity index (χ4n) is 2.42. The van der Waals surface area contributed by atoms with Gasteiger partial charge in [0, 0.05) is 30.4 Å². The number of hydrogen-bond donors (Lipinski definition) is 2. The van der Waals surface area contributed by atoms with Gasteiger partial charge in [0.25, 0.3) is 0 Å². The molecule has 21 heavy (non-hydrogen) atoms. The number of nitrogens with two attached hydrogens (primary N) is 1. The molecule has 0 unspecified atom stereocenters. The van der Waals surface area contributed by atoms with Gasteiger partial charge in [0.15, 0.2) is 0 Å². The van der Waals surface area contributed by atoms with Crippen LogP contribution < -0.4 is 11.1 Å². The lowest BCUT2D eigenvalue weighted by molar-refractivity contribution is 0.0979. The largest absolute Gasteiger partial charge is 0.450 e. The van der Waals surface area contributed by atoms with Gasteiger partial charge in [-0.15, -0.1) is 0 Å². The van der Waals surface area contributed by atoms with Gasteiger partial charge >= 0.3 is 6.09 Å². The molecule has 2 amide bonds. The molecular formula is C15H21N3O3. The number of carbonyl (C=O) groups excluding carboxylic acids is 2. The number of nitrogens with zero attached hydrogens (tertiary/aromatic N) is 1. The Morgan fingerprint density at radius 1 is 1.38 bits per heavy atom. The molecule has 0 saturated carbocycles. The minimum Gasteiger partial charge on any atom is -0.450 e. The van der Waals surface area contributed by atoms with Gasteiger partial charge in [-0.2, -0.15) is 0 Å². The lowest BCUT2D eigenvalue weighted by Gasteiger charge is -2.32. The molecule has 0 aliphatic carbocycles. The van der Waals surface area contributed by atoms with Gasteiger partial charge < -0.3 is 20.7 Å². The van der Waals surface area contributed by atoms with Crippen molar-refractivity contribution >= 4 is 17.7 Å². The molecule has 0 spiro atoms. The average molecular weight is 291 g/mol. The summed E-state index contributed by atoms with van der Waals surface area (Å²) in [7, 11) is 0. The van der Waals surface area contributed by atoms with Crippen molar-refractivity contribution in [2.75, 3.05) is 25.0 Å². The first-order valence-corrected chi connectivity index (χ1v) is 7.18. The van der Waals surface area contributed by atoms with Crippen LogP contribution in [-0.4, -0.2) is 42.6 Å². The molecule has 1 aliphatic rings. The van der Waals surface area contributed by atoms with Gasteiger partial charge in [-0.25, -0.2) is 4.79 Å². The molecule has 6 heteroatoms. The van der Waals surface area contributed by atoms with Crippen molar-refractivity contribution in [3.05, 3.63) is 29.8 Å². The van der Waals surface area contributed by atoms with E-state index < -0.39 is 5.91 Å². The lowest BCUT2D eigenvalue weighted by atomic mass is 10.0. The predicted octanol–water partition coefficient (Wildman–Crippen LogP) is 1.82. The zero-order valence-electron chi connectivity index (χ0n) is 12.2. The van der Waals surface area contributed by atoms with E-state index in [4.69, 9.17) is 10.5 Å². The Morgan fingerprint density at radius 3 is 2.71 bits per heavy atom. The third-order valence-electron chi connectivity index (χ3n) is 3.54. The quantitative estimate of drug-likeness (QED) is 0.886. The van der Waals surface area contributed by atoms with Crippen molar-refractivity contribution in [3.63, 3.8) is 0 Å². The predicted molar refractivity (Wildman–Crippen MR) is 80.2 cm³/mol. The number of anilines is 1. The van der Waals surface area contributed by atoms with Crippen molar-refractivity contribution in [1.29, 1.82) is 0 Å². The maximum atomic E-state index is 11.6. The first-order valence-electron chi connectivity index (χ1n) is 7.18. The summed E-state index contributed by atoms with van der Waals surface area (Å²) in [6, 6.07) is 7.43. The third-order valence-corrected chi connectivity index (χ3v) is 3.54. The fourth-order valence-corrected chi connectivity index (χ4v) is 2.42. The highest BCUT2D eigenvalue weighted by Crippen LogP contribution is 2.18. The molecule has 0 radical (unpaired) electrons. The van der Waals surface area contributed by atoms with Crippen LogP contribution in [-0.2, 0) is 4.74 Å². The monoisotopic (exact) mass is 291 g/mol. The van der Waals surface area contributed by atoms with Gasteiger partial charge in [-0.3, -0.25) is 4.79 Å². The van der Waals surface area contributed by atoms with E-state index in [1.807, 2.05) is 6.07 Å². The average Bonchev–Trinajstić information content (AvgIpc) is 2.48. The molecule has 1 aromatic carbocycles. The van der Waals surface area contributed by atoms with Crippen LogP contribution in [0.2, 0.25) is 0 Å². The number of amides is 2. The Morgan fingerprint density at radius 2 is 2.10 bits per heavy atom. The summed E-state index contributed by atoms with van der Waals surface area (Å²) in [4.78, 5) is 24.5. The molecule has 1 heterocycles. The summed E-state index contributed by atoms with van der Waals surface area (Å²) in [5, 5.41) is 3.38. The van der Waals surface area contributed by atoms with E-state index in [2.05, 4.69) is 5.32 Å². The zero-order chi connectivity index (χ0) is 15.2. The van der Waals surface area contributed by atoms with Gasteiger partial charge in [0.2, 0.25) is 5.91 Å². The normalized spacial score (nSPS) is 15.6. The highest BCUT2D eigenvalue weighted by Gasteiger charge is 2.23. The van der Waals surface area contributed by atoms with Crippen molar-refractivity contribution < 1.29 is 14.3 Å². The highest BCUT2D eigenvalue weighted by atomic mass is 16.6. The SMILES string of the molecule is CCOC(=O)N1CCC(Nc2cccc(C(N)=O)c2)CC1. The summed E-state index contributed by atoms with van der Waals surface area (Å²) in [5.41, 5.74) is 6.64. The van der Waals surface area contributed by atoms with Crippen molar-refractivity contribution in [3.8, 4) is 0 Å². The molecule has 1 saturated heterocycles. The van der Waals surface area contributed by atoms with E-state index in [0.717, 1.165) is 18.5 Å². The number of likely N-dealkylation sites (tertiary alicyclic amines) is 1. The van der Waals surface area contributed by atoms with E-state index in [0.29, 0.717) is 25.3 Å². The zero-order valence-corrected chi connectivity index (χ0v) is 12.2. The molecule has 0 atom stereocenters. The van der Waals surface area contributed by atoms with E-state index in [9.17, 15) is 9.59 Å². The molecule has 6 nitrogen and oxygen atoms in total. The number of primary amides is 1. The molecule has 0 bridgehead atoms. The second kappa shape index (κ2) is 6.97.